The zero-order chi connectivity index (χ0) is 26.0. The van der Waals surface area contributed by atoms with Gasteiger partial charge in [0.15, 0.2) is 5.72 Å². The lowest BCUT2D eigenvalue weighted by atomic mass is 9.84. The van der Waals surface area contributed by atoms with E-state index in [1.165, 1.54) is 23.8 Å². The number of methoxy groups -OCH3 is 1. The minimum absolute atomic E-state index is 0.0367. The zero-order valence-electron chi connectivity index (χ0n) is 20.9. The van der Waals surface area contributed by atoms with Gasteiger partial charge in [0.2, 0.25) is 0 Å². The number of aryl methyl sites for hydroxylation is 1. The number of benzene rings is 1. The van der Waals surface area contributed by atoms with Gasteiger partial charge in [0.1, 0.15) is 0 Å². The third kappa shape index (κ3) is 5.27. The Balaban J connectivity index is 1.52. The Hall–Kier alpha value is -2.91. The van der Waals surface area contributed by atoms with Gasteiger partial charge in [0, 0.05) is 36.2 Å². The lowest BCUT2D eigenvalue weighted by molar-refractivity contribution is -0.141. The summed E-state index contributed by atoms with van der Waals surface area (Å²) in [5, 5.41) is 12.2. The highest BCUT2D eigenvalue weighted by molar-refractivity contribution is 6.36. The number of carbonyl (C=O) groups is 3. The molecule has 1 saturated heterocycles. The number of nitrogens with zero attached hydrogens (tertiary/aromatic N) is 3. The molecule has 1 aliphatic carbocycles. The maximum atomic E-state index is 13.3. The fraction of sp³-hybridized carbons (Fsp3) is 0.538. The fourth-order valence-corrected chi connectivity index (χ4v) is 5.33. The third-order valence-electron chi connectivity index (χ3n) is 6.92. The van der Waals surface area contributed by atoms with Gasteiger partial charge in [-0.3, -0.25) is 19.5 Å². The van der Waals surface area contributed by atoms with Crippen LogP contribution in [0.5, 0.6) is 0 Å². The molecule has 1 unspecified atom stereocenters. The van der Waals surface area contributed by atoms with Crippen molar-refractivity contribution >= 4 is 40.5 Å². The van der Waals surface area contributed by atoms with E-state index in [4.69, 9.17) is 26.1 Å². The van der Waals surface area contributed by atoms with E-state index in [1.807, 2.05) is 6.92 Å². The molecule has 194 valence electrons. The van der Waals surface area contributed by atoms with Crippen molar-refractivity contribution < 1.29 is 29.0 Å². The Morgan fingerprint density at radius 3 is 2.75 bits per heavy atom. The number of β-amino-alcohol motifs (C(OH)–C–C–N with tert-alkyl or cyclic N) is 1. The maximum absolute atomic E-state index is 13.3. The minimum Gasteiger partial charge on any atom is -0.469 e. The average molecular weight is 518 g/mol. The quantitative estimate of drug-likeness (QED) is 0.604. The van der Waals surface area contributed by atoms with E-state index in [-0.39, 0.29) is 44.0 Å². The van der Waals surface area contributed by atoms with Crippen molar-refractivity contribution in [3.63, 3.8) is 0 Å². The molecule has 1 fully saturated rings. The van der Waals surface area contributed by atoms with Crippen molar-refractivity contribution in [2.45, 2.75) is 51.7 Å². The summed E-state index contributed by atoms with van der Waals surface area (Å²) in [6, 6.07) is 5.22. The van der Waals surface area contributed by atoms with Crippen LogP contribution in [0.3, 0.4) is 0 Å². The number of fused-ring (bicyclic) bond motifs is 2. The summed E-state index contributed by atoms with van der Waals surface area (Å²) in [6.45, 7) is 4.07. The second-order valence-electron chi connectivity index (χ2n) is 9.68. The zero-order valence-corrected chi connectivity index (χ0v) is 21.6. The maximum Gasteiger partial charge on any atom is 0.412 e. The number of ether oxygens (including phenoxy) is 2. The summed E-state index contributed by atoms with van der Waals surface area (Å²) in [7, 11) is 1.39. The van der Waals surface area contributed by atoms with Crippen LogP contribution in [0.15, 0.2) is 18.2 Å². The molecular formula is C26H32ClN3O6. The summed E-state index contributed by atoms with van der Waals surface area (Å²) in [5.41, 5.74) is 1.36. The average Bonchev–Trinajstić information content (AvgIpc) is 2.86. The summed E-state index contributed by atoms with van der Waals surface area (Å²) < 4.78 is 9.97. The molecule has 9 nitrogen and oxygen atoms in total. The number of aromatic nitrogens is 1. The molecule has 2 aromatic rings. The van der Waals surface area contributed by atoms with Crippen molar-refractivity contribution in [2.24, 2.45) is 5.92 Å². The molecule has 1 N–H and O–H groups in total. The second kappa shape index (κ2) is 10.6. The number of carbonyl (C=O) groups excluding carboxylic acids is 3. The third-order valence-corrected chi connectivity index (χ3v) is 7.35. The van der Waals surface area contributed by atoms with Crippen molar-refractivity contribution in [1.82, 2.24) is 14.8 Å². The summed E-state index contributed by atoms with van der Waals surface area (Å²) in [5.74, 6) is -0.324. The Kier molecular flexibility index (Phi) is 7.70. The number of aliphatic hydroxyl groups is 1. The highest BCUT2D eigenvalue weighted by atomic mass is 35.5. The van der Waals surface area contributed by atoms with Crippen LogP contribution in [0.1, 0.15) is 54.7 Å². The van der Waals surface area contributed by atoms with Crippen molar-refractivity contribution in [3.8, 4) is 0 Å². The highest BCUT2D eigenvalue weighted by Crippen LogP contribution is 2.36. The monoisotopic (exact) mass is 517 g/mol. The van der Waals surface area contributed by atoms with Crippen LogP contribution in [0.2, 0.25) is 5.02 Å². The molecule has 2 amide bonds. The molecule has 2 aliphatic rings. The number of hydrogen-bond donors (Lipinski definition) is 1. The van der Waals surface area contributed by atoms with Crippen LogP contribution in [-0.2, 0) is 27.1 Å². The lowest BCUT2D eigenvalue weighted by Crippen LogP contribution is -2.63. The predicted molar refractivity (Wildman–Crippen MR) is 134 cm³/mol. The molecular weight excluding hydrogens is 486 g/mol. The van der Waals surface area contributed by atoms with E-state index in [0.717, 1.165) is 23.1 Å². The van der Waals surface area contributed by atoms with Crippen LogP contribution in [-0.4, -0.2) is 76.9 Å². The van der Waals surface area contributed by atoms with Crippen molar-refractivity contribution in [2.75, 3.05) is 33.4 Å². The molecule has 1 aliphatic heterocycles. The van der Waals surface area contributed by atoms with E-state index < -0.39 is 11.8 Å². The molecule has 36 heavy (non-hydrogen) atoms. The number of rotatable bonds is 5. The van der Waals surface area contributed by atoms with Gasteiger partial charge in [-0.2, -0.15) is 0 Å². The van der Waals surface area contributed by atoms with Crippen molar-refractivity contribution in [3.05, 3.63) is 40.0 Å². The van der Waals surface area contributed by atoms with Crippen LogP contribution in [0.4, 0.5) is 4.79 Å². The van der Waals surface area contributed by atoms with Gasteiger partial charge in [0.25, 0.3) is 5.91 Å². The van der Waals surface area contributed by atoms with E-state index in [2.05, 4.69) is 0 Å². The molecule has 10 heteroatoms. The van der Waals surface area contributed by atoms with Gasteiger partial charge in [-0.15, -0.1) is 0 Å². The Labute approximate surface area is 215 Å². The predicted octanol–water partition coefficient (Wildman–Crippen LogP) is 3.57. The van der Waals surface area contributed by atoms with E-state index in [0.29, 0.717) is 41.8 Å². The SMILES string of the molecule is CCCOC(=O)N1CCN(C(=O)c2ccc3c(Cl)c4c(nc3c2)CCC(CC(=O)OC)C4)C[C@@]1(C)O. The molecule has 2 heterocycles. The molecule has 0 bridgehead atoms. The van der Waals surface area contributed by atoms with Crippen molar-refractivity contribution in [1.29, 1.82) is 0 Å². The summed E-state index contributed by atoms with van der Waals surface area (Å²) in [6.07, 6.45) is 2.62. The van der Waals surface area contributed by atoms with Crippen LogP contribution >= 0.6 is 11.6 Å². The lowest BCUT2D eigenvalue weighted by Gasteiger charge is -2.44. The van der Waals surface area contributed by atoms with E-state index in [9.17, 15) is 19.5 Å². The molecule has 1 aromatic heterocycles. The number of piperazine rings is 1. The standard InChI is InChI=1S/C26H32ClN3O6/c1-4-11-36-25(33)30-10-9-29(15-26(30,2)34)24(32)17-6-7-18-21(14-17)28-20-8-5-16(13-22(31)35-3)12-19(20)23(18)27/h6-7,14,16,34H,4-5,8-13,15H2,1-3H3/t16?,26-/m1/s1. The Morgan fingerprint density at radius 1 is 1.28 bits per heavy atom. The molecule has 0 spiro atoms. The molecule has 0 radical (unpaired) electrons. The number of amides is 2. The van der Waals surface area contributed by atoms with Crippen LogP contribution in [0, 0.1) is 5.92 Å². The first kappa shape index (κ1) is 26.2. The minimum atomic E-state index is -1.54. The van der Waals surface area contributed by atoms with Gasteiger partial charge in [-0.25, -0.2) is 4.79 Å². The number of halogens is 1. The van der Waals surface area contributed by atoms with Gasteiger partial charge in [-0.1, -0.05) is 24.6 Å². The Bertz CT molecular complexity index is 1180. The van der Waals surface area contributed by atoms with Gasteiger partial charge < -0.3 is 19.5 Å². The number of pyridine rings is 1. The van der Waals surface area contributed by atoms with Gasteiger partial charge in [0.05, 0.1) is 30.8 Å². The fourth-order valence-electron chi connectivity index (χ4n) is 4.98. The molecule has 2 atom stereocenters. The van der Waals surface area contributed by atoms with Gasteiger partial charge in [-0.05, 0) is 56.2 Å². The topological polar surface area (TPSA) is 109 Å². The first-order chi connectivity index (χ1) is 17.1. The summed E-state index contributed by atoms with van der Waals surface area (Å²) in [4.78, 5) is 44.9. The van der Waals surface area contributed by atoms with Crippen LogP contribution in [0.25, 0.3) is 10.9 Å². The van der Waals surface area contributed by atoms with Gasteiger partial charge >= 0.3 is 12.1 Å². The largest absolute Gasteiger partial charge is 0.469 e. The second-order valence-corrected chi connectivity index (χ2v) is 10.1. The first-order valence-corrected chi connectivity index (χ1v) is 12.7. The first-order valence-electron chi connectivity index (χ1n) is 12.3. The number of esters is 1. The molecule has 4 rings (SSSR count). The van der Waals surface area contributed by atoms with E-state index in [1.54, 1.807) is 18.2 Å². The normalized spacial score (nSPS) is 21.8. The van der Waals surface area contributed by atoms with Crippen LogP contribution < -0.4 is 0 Å². The number of hydrogen-bond acceptors (Lipinski definition) is 7. The molecule has 1 aromatic carbocycles. The van der Waals surface area contributed by atoms with E-state index >= 15 is 0 Å². The summed E-state index contributed by atoms with van der Waals surface area (Å²) >= 11 is 6.76. The molecule has 0 saturated carbocycles. The smallest absolute Gasteiger partial charge is 0.412 e. The Morgan fingerprint density at radius 2 is 2.06 bits per heavy atom. The highest BCUT2D eigenvalue weighted by Gasteiger charge is 2.41.